The molecule has 0 aromatic heterocycles. The molecule has 0 atom stereocenters. The van der Waals surface area contributed by atoms with E-state index in [1.165, 1.54) is 12.1 Å². The van der Waals surface area contributed by atoms with Crippen molar-refractivity contribution in [2.45, 2.75) is 39.0 Å². The van der Waals surface area contributed by atoms with Gasteiger partial charge in [0.25, 0.3) is 0 Å². The maximum Gasteiger partial charge on any atom is 0.416 e. The number of nitrogens with two attached hydrogens (primary N) is 1. The third-order valence-electron chi connectivity index (χ3n) is 3.99. The fraction of sp³-hybridized carbons (Fsp3) is 0.368. The molecule has 0 aliphatic rings. The van der Waals surface area contributed by atoms with Gasteiger partial charge in [0.05, 0.1) is 5.56 Å². The highest BCUT2D eigenvalue weighted by Crippen LogP contribution is 2.29. The summed E-state index contributed by atoms with van der Waals surface area (Å²) in [5.41, 5.74) is 7.50. The fourth-order valence-electron chi connectivity index (χ4n) is 2.59. The van der Waals surface area contributed by atoms with Crippen molar-refractivity contribution in [3.63, 3.8) is 0 Å². The Labute approximate surface area is 151 Å². The van der Waals surface area contributed by atoms with Gasteiger partial charge in [-0.3, -0.25) is 4.90 Å². The molecule has 2 nitrogen and oxygen atoms in total. The first kappa shape index (κ1) is 19.6. The molecular weight excluding hydrogens is 349 g/mol. The van der Waals surface area contributed by atoms with E-state index in [1.54, 1.807) is 12.1 Å². The zero-order chi connectivity index (χ0) is 18.4. The zero-order valence-electron chi connectivity index (χ0n) is 14.1. The summed E-state index contributed by atoms with van der Waals surface area (Å²) in [6.07, 6.45) is -2.26. The van der Waals surface area contributed by atoms with Crippen LogP contribution in [0.5, 0.6) is 0 Å². The number of benzene rings is 2. The number of hydrogen-bond acceptors (Lipinski definition) is 2. The van der Waals surface area contributed by atoms with E-state index in [1.807, 2.05) is 6.07 Å². The van der Waals surface area contributed by atoms with E-state index >= 15 is 0 Å². The average Bonchev–Trinajstić information content (AvgIpc) is 2.54. The Morgan fingerprint density at radius 2 is 1.72 bits per heavy atom. The SMILES string of the molecule is CCCCN(Cc1ccc(C(F)(F)F)cc1)Cc1ccc(N)cc1Cl. The first-order valence-electron chi connectivity index (χ1n) is 8.22. The summed E-state index contributed by atoms with van der Waals surface area (Å²) in [5, 5.41) is 0.605. The van der Waals surface area contributed by atoms with Crippen LogP contribution in [0, 0.1) is 0 Å². The molecule has 0 radical (unpaired) electrons. The quantitative estimate of drug-likeness (QED) is 0.629. The predicted molar refractivity (Wildman–Crippen MR) is 96.3 cm³/mol. The van der Waals surface area contributed by atoms with Gasteiger partial charge in [0.15, 0.2) is 0 Å². The second-order valence-corrected chi connectivity index (χ2v) is 6.52. The van der Waals surface area contributed by atoms with Gasteiger partial charge in [0, 0.05) is 23.8 Å². The first-order valence-corrected chi connectivity index (χ1v) is 8.59. The van der Waals surface area contributed by atoms with Gasteiger partial charge in [-0.05, 0) is 48.4 Å². The van der Waals surface area contributed by atoms with Crippen LogP contribution in [0.25, 0.3) is 0 Å². The van der Waals surface area contributed by atoms with Crippen LogP contribution in [-0.4, -0.2) is 11.4 Å². The minimum atomic E-state index is -4.31. The maximum atomic E-state index is 12.7. The summed E-state index contributed by atoms with van der Waals surface area (Å²) in [6, 6.07) is 10.7. The largest absolute Gasteiger partial charge is 0.416 e. The molecule has 136 valence electrons. The van der Waals surface area contributed by atoms with E-state index < -0.39 is 11.7 Å². The molecule has 6 heteroatoms. The number of halogens is 4. The van der Waals surface area contributed by atoms with Gasteiger partial charge in [0.2, 0.25) is 0 Å². The Kier molecular flexibility index (Phi) is 6.73. The van der Waals surface area contributed by atoms with E-state index in [9.17, 15) is 13.2 Å². The molecule has 2 aromatic carbocycles. The molecule has 0 spiro atoms. The molecule has 0 saturated carbocycles. The summed E-state index contributed by atoms with van der Waals surface area (Å²) < 4.78 is 38.0. The highest BCUT2D eigenvalue weighted by atomic mass is 35.5. The number of nitrogens with zero attached hydrogens (tertiary/aromatic N) is 1. The van der Waals surface area contributed by atoms with Gasteiger partial charge in [-0.25, -0.2) is 0 Å². The number of nitrogen functional groups attached to an aromatic ring is 1. The lowest BCUT2D eigenvalue weighted by Crippen LogP contribution is -2.24. The smallest absolute Gasteiger partial charge is 0.399 e. The second-order valence-electron chi connectivity index (χ2n) is 6.11. The number of unbranched alkanes of at least 4 members (excludes halogenated alkanes) is 1. The lowest BCUT2D eigenvalue weighted by atomic mass is 10.1. The molecule has 0 fully saturated rings. The standard InChI is InChI=1S/C19H22ClF3N2/c1-2-3-10-25(13-15-6-9-17(24)11-18(15)20)12-14-4-7-16(8-5-14)19(21,22)23/h4-9,11H,2-3,10,12-13,24H2,1H3. The van der Waals surface area contributed by atoms with Crippen LogP contribution in [0.1, 0.15) is 36.5 Å². The van der Waals surface area contributed by atoms with Crippen LogP contribution < -0.4 is 5.73 Å². The molecule has 0 amide bonds. The van der Waals surface area contributed by atoms with E-state index in [4.69, 9.17) is 17.3 Å². The number of anilines is 1. The molecule has 2 aromatic rings. The zero-order valence-corrected chi connectivity index (χ0v) is 14.9. The lowest BCUT2D eigenvalue weighted by Gasteiger charge is -2.23. The van der Waals surface area contributed by atoms with Crippen molar-refractivity contribution >= 4 is 17.3 Å². The van der Waals surface area contributed by atoms with E-state index in [0.29, 0.717) is 23.8 Å². The predicted octanol–water partition coefficient (Wildman–Crippen LogP) is 5.74. The molecule has 2 rings (SSSR count). The highest BCUT2D eigenvalue weighted by Gasteiger charge is 2.29. The minimum absolute atomic E-state index is 0.568. The third-order valence-corrected chi connectivity index (χ3v) is 4.34. The normalized spacial score (nSPS) is 11.9. The van der Waals surface area contributed by atoms with Crippen molar-refractivity contribution < 1.29 is 13.2 Å². The molecule has 0 heterocycles. The van der Waals surface area contributed by atoms with Crippen LogP contribution in [-0.2, 0) is 19.3 Å². The van der Waals surface area contributed by atoms with Crippen LogP contribution in [0.2, 0.25) is 5.02 Å². The van der Waals surface area contributed by atoms with Crippen LogP contribution in [0.4, 0.5) is 18.9 Å². The third kappa shape index (κ3) is 5.94. The number of alkyl halides is 3. The maximum absolute atomic E-state index is 12.7. The van der Waals surface area contributed by atoms with Crippen LogP contribution in [0.15, 0.2) is 42.5 Å². The Hall–Kier alpha value is -1.72. The molecule has 2 N–H and O–H groups in total. The number of rotatable bonds is 7. The summed E-state index contributed by atoms with van der Waals surface area (Å²) >= 11 is 6.25. The Morgan fingerprint density at radius 1 is 1.04 bits per heavy atom. The van der Waals surface area contributed by atoms with Gasteiger partial charge in [-0.2, -0.15) is 13.2 Å². The minimum Gasteiger partial charge on any atom is -0.399 e. The van der Waals surface area contributed by atoms with Gasteiger partial charge < -0.3 is 5.73 Å². The van der Waals surface area contributed by atoms with Gasteiger partial charge in [-0.1, -0.05) is 43.1 Å². The van der Waals surface area contributed by atoms with Gasteiger partial charge in [-0.15, -0.1) is 0 Å². The van der Waals surface area contributed by atoms with Gasteiger partial charge >= 0.3 is 6.18 Å². The van der Waals surface area contributed by atoms with E-state index in [2.05, 4.69) is 11.8 Å². The highest BCUT2D eigenvalue weighted by molar-refractivity contribution is 6.31. The summed E-state index contributed by atoms with van der Waals surface area (Å²) in [5.74, 6) is 0. The fourth-order valence-corrected chi connectivity index (χ4v) is 2.83. The van der Waals surface area contributed by atoms with Crippen molar-refractivity contribution in [3.05, 3.63) is 64.2 Å². The van der Waals surface area contributed by atoms with E-state index in [-0.39, 0.29) is 0 Å². The van der Waals surface area contributed by atoms with Crippen molar-refractivity contribution in [2.75, 3.05) is 12.3 Å². The average molecular weight is 371 g/mol. The topological polar surface area (TPSA) is 29.3 Å². The molecular formula is C19H22ClF3N2. The van der Waals surface area contributed by atoms with Crippen molar-refractivity contribution in [2.24, 2.45) is 0 Å². The lowest BCUT2D eigenvalue weighted by molar-refractivity contribution is -0.137. The second kappa shape index (κ2) is 8.59. The molecule has 0 bridgehead atoms. The van der Waals surface area contributed by atoms with Crippen LogP contribution >= 0.6 is 11.6 Å². The molecule has 0 saturated heterocycles. The Morgan fingerprint density at radius 3 is 2.28 bits per heavy atom. The van der Waals surface area contributed by atoms with Crippen molar-refractivity contribution in [1.29, 1.82) is 0 Å². The Bertz CT molecular complexity index is 684. The Balaban J connectivity index is 2.11. The van der Waals surface area contributed by atoms with Gasteiger partial charge in [0.1, 0.15) is 0 Å². The van der Waals surface area contributed by atoms with Crippen molar-refractivity contribution in [3.8, 4) is 0 Å². The molecule has 0 aliphatic carbocycles. The van der Waals surface area contributed by atoms with Crippen molar-refractivity contribution in [1.82, 2.24) is 4.90 Å². The first-order chi connectivity index (χ1) is 11.8. The monoisotopic (exact) mass is 370 g/mol. The summed E-state index contributed by atoms with van der Waals surface area (Å²) in [4.78, 5) is 2.18. The summed E-state index contributed by atoms with van der Waals surface area (Å²) in [7, 11) is 0. The molecule has 0 unspecified atom stereocenters. The summed E-state index contributed by atoms with van der Waals surface area (Å²) in [6.45, 7) is 4.14. The molecule has 0 aliphatic heterocycles. The molecule has 25 heavy (non-hydrogen) atoms. The van der Waals surface area contributed by atoms with Crippen LogP contribution in [0.3, 0.4) is 0 Å². The number of hydrogen-bond donors (Lipinski definition) is 1. The van der Waals surface area contributed by atoms with E-state index in [0.717, 1.165) is 42.6 Å².